The molecule has 0 saturated heterocycles. The van der Waals surface area contributed by atoms with Gasteiger partial charge in [0, 0.05) is 17.0 Å². The molecule has 3 aromatic rings. The quantitative estimate of drug-likeness (QED) is 0.352. The highest BCUT2D eigenvalue weighted by molar-refractivity contribution is 7.92. The van der Waals surface area contributed by atoms with Crippen molar-refractivity contribution in [2.75, 3.05) is 24.2 Å². The Morgan fingerprint density at radius 1 is 1.15 bits per heavy atom. The average Bonchev–Trinajstić information content (AvgIpc) is 3.04. The third-order valence-electron chi connectivity index (χ3n) is 5.07. The molecule has 34 heavy (non-hydrogen) atoms. The number of nitrogens with zero attached hydrogens (tertiary/aromatic N) is 3. The fraction of sp³-hybridized carbons (Fsp3) is 0.217. The topological polar surface area (TPSA) is 93.0 Å². The molecule has 0 unspecified atom stereocenters. The molecule has 3 rings (SSSR count). The van der Waals surface area contributed by atoms with Crippen molar-refractivity contribution >= 4 is 51.0 Å². The van der Waals surface area contributed by atoms with Gasteiger partial charge in [-0.3, -0.25) is 9.10 Å². The first kappa shape index (κ1) is 25.6. The van der Waals surface area contributed by atoms with E-state index in [0.717, 1.165) is 33.2 Å². The monoisotopic (exact) mass is 522 g/mol. The Kier molecular flexibility index (Phi) is 7.91. The molecule has 1 heterocycles. The van der Waals surface area contributed by atoms with Crippen molar-refractivity contribution in [1.82, 2.24) is 9.99 Å². The van der Waals surface area contributed by atoms with Crippen LogP contribution in [-0.4, -0.2) is 45.0 Å². The predicted molar refractivity (Wildman–Crippen MR) is 136 cm³/mol. The van der Waals surface area contributed by atoms with Gasteiger partial charge in [-0.1, -0.05) is 35.3 Å². The van der Waals surface area contributed by atoms with Crippen molar-refractivity contribution in [3.05, 3.63) is 75.5 Å². The summed E-state index contributed by atoms with van der Waals surface area (Å²) in [6, 6.07) is 13.9. The fourth-order valence-electron chi connectivity index (χ4n) is 3.47. The number of hydrazone groups is 1. The number of anilines is 1. The summed E-state index contributed by atoms with van der Waals surface area (Å²) < 4.78 is 32.6. The molecule has 1 aromatic heterocycles. The van der Waals surface area contributed by atoms with Crippen molar-refractivity contribution in [3.8, 4) is 11.4 Å². The van der Waals surface area contributed by atoms with Crippen LogP contribution in [0.2, 0.25) is 10.0 Å². The summed E-state index contributed by atoms with van der Waals surface area (Å²) in [5.41, 5.74) is 6.05. The Morgan fingerprint density at radius 2 is 1.85 bits per heavy atom. The van der Waals surface area contributed by atoms with Crippen LogP contribution >= 0.6 is 23.2 Å². The van der Waals surface area contributed by atoms with E-state index < -0.39 is 22.5 Å². The number of aryl methyl sites for hydroxylation is 1. The first-order chi connectivity index (χ1) is 16.0. The number of nitrogens with one attached hydrogen (secondary N) is 1. The number of hydrogen-bond donors (Lipinski definition) is 1. The summed E-state index contributed by atoms with van der Waals surface area (Å²) in [7, 11) is -2.31. The van der Waals surface area contributed by atoms with Gasteiger partial charge in [-0.15, -0.1) is 0 Å². The number of aromatic nitrogens is 1. The van der Waals surface area contributed by atoms with Gasteiger partial charge in [0.2, 0.25) is 10.0 Å². The van der Waals surface area contributed by atoms with Gasteiger partial charge >= 0.3 is 0 Å². The van der Waals surface area contributed by atoms with Crippen LogP contribution < -0.4 is 14.5 Å². The number of hydrogen-bond acceptors (Lipinski definition) is 5. The summed E-state index contributed by atoms with van der Waals surface area (Å²) >= 11 is 12.5. The number of para-hydroxylation sites is 1. The van der Waals surface area contributed by atoms with Crippen LogP contribution in [-0.2, 0) is 14.8 Å². The Hall–Kier alpha value is -3.01. The van der Waals surface area contributed by atoms with Crippen molar-refractivity contribution < 1.29 is 17.9 Å². The second kappa shape index (κ2) is 10.5. The van der Waals surface area contributed by atoms with Gasteiger partial charge in [0.05, 0.1) is 41.0 Å². The highest BCUT2D eigenvalue weighted by Gasteiger charge is 2.22. The van der Waals surface area contributed by atoms with Crippen LogP contribution in [0.15, 0.2) is 53.6 Å². The number of sulfonamides is 1. The van der Waals surface area contributed by atoms with Gasteiger partial charge in [0.25, 0.3) is 5.91 Å². The SMILES string of the molecule is COc1ccc(N(CC(=O)N/N=C/c2cc(C)n(-c3ccccc3Cl)c2C)S(C)(=O)=O)cc1Cl. The minimum absolute atomic E-state index is 0.223. The van der Waals surface area contributed by atoms with Crippen LogP contribution in [0.3, 0.4) is 0 Å². The molecule has 1 N–H and O–H groups in total. The van der Waals surface area contributed by atoms with Gasteiger partial charge in [-0.25, -0.2) is 13.8 Å². The molecule has 0 radical (unpaired) electrons. The molecular formula is C23H24Cl2N4O4S. The molecule has 0 fully saturated rings. The Labute approximate surface area is 208 Å². The molecule has 0 bridgehead atoms. The number of ether oxygens (including phenoxy) is 1. The van der Waals surface area contributed by atoms with Gasteiger partial charge in [-0.2, -0.15) is 5.10 Å². The highest BCUT2D eigenvalue weighted by atomic mass is 35.5. The molecule has 0 spiro atoms. The zero-order chi connectivity index (χ0) is 25.0. The number of carbonyl (C=O) groups excluding carboxylic acids is 1. The van der Waals surface area contributed by atoms with Crippen molar-refractivity contribution in [3.63, 3.8) is 0 Å². The van der Waals surface area contributed by atoms with Crippen LogP contribution in [0.1, 0.15) is 17.0 Å². The molecule has 180 valence electrons. The molecule has 0 saturated carbocycles. The summed E-state index contributed by atoms with van der Waals surface area (Å²) in [4.78, 5) is 12.5. The molecule has 0 aliphatic heterocycles. The van der Waals surface area contributed by atoms with Gasteiger partial charge in [0.1, 0.15) is 12.3 Å². The largest absolute Gasteiger partial charge is 0.495 e. The Bertz CT molecular complexity index is 1350. The van der Waals surface area contributed by atoms with Crippen molar-refractivity contribution in [1.29, 1.82) is 0 Å². The van der Waals surface area contributed by atoms with Crippen molar-refractivity contribution in [2.45, 2.75) is 13.8 Å². The lowest BCUT2D eigenvalue weighted by atomic mass is 10.2. The minimum Gasteiger partial charge on any atom is -0.495 e. The summed E-state index contributed by atoms with van der Waals surface area (Å²) in [5.74, 6) is -0.226. The second-order valence-corrected chi connectivity index (χ2v) is 10.2. The molecular weight excluding hydrogens is 499 g/mol. The molecule has 1 amide bonds. The van der Waals surface area contributed by atoms with E-state index >= 15 is 0 Å². The second-order valence-electron chi connectivity index (χ2n) is 7.49. The first-order valence-corrected chi connectivity index (χ1v) is 12.7. The van der Waals surface area contributed by atoms with Gasteiger partial charge < -0.3 is 9.30 Å². The lowest BCUT2D eigenvalue weighted by Gasteiger charge is -2.21. The van der Waals surface area contributed by atoms with Crippen LogP contribution in [0.5, 0.6) is 5.75 Å². The zero-order valence-corrected chi connectivity index (χ0v) is 21.4. The number of benzene rings is 2. The fourth-order valence-corrected chi connectivity index (χ4v) is 4.79. The maximum Gasteiger partial charge on any atom is 0.260 e. The van der Waals surface area contributed by atoms with E-state index in [4.69, 9.17) is 27.9 Å². The van der Waals surface area contributed by atoms with Crippen LogP contribution in [0, 0.1) is 13.8 Å². The van der Waals surface area contributed by atoms with Gasteiger partial charge in [0.15, 0.2) is 0 Å². The van der Waals surface area contributed by atoms with E-state index in [1.807, 2.05) is 48.7 Å². The number of amides is 1. The number of rotatable bonds is 8. The smallest absolute Gasteiger partial charge is 0.260 e. The molecule has 11 heteroatoms. The number of methoxy groups -OCH3 is 1. The highest BCUT2D eigenvalue weighted by Crippen LogP contribution is 2.30. The molecule has 2 aromatic carbocycles. The Morgan fingerprint density at radius 3 is 2.47 bits per heavy atom. The van der Waals surface area contributed by atoms with Gasteiger partial charge in [-0.05, 0) is 50.2 Å². The van der Waals surface area contributed by atoms with E-state index in [1.54, 1.807) is 0 Å². The molecule has 0 aliphatic carbocycles. The predicted octanol–water partition coefficient (Wildman–Crippen LogP) is 4.33. The summed E-state index contributed by atoms with van der Waals surface area (Å²) in [6.07, 6.45) is 2.51. The molecule has 0 aliphatic rings. The normalized spacial score (nSPS) is 11.6. The summed E-state index contributed by atoms with van der Waals surface area (Å²) in [5, 5.41) is 4.84. The third-order valence-corrected chi connectivity index (χ3v) is 6.82. The maximum atomic E-state index is 12.5. The molecule has 8 nitrogen and oxygen atoms in total. The van der Waals surface area contributed by atoms with E-state index in [1.165, 1.54) is 31.5 Å². The van der Waals surface area contributed by atoms with Crippen LogP contribution in [0.4, 0.5) is 5.69 Å². The summed E-state index contributed by atoms with van der Waals surface area (Å²) in [6.45, 7) is 3.38. The standard InChI is InChI=1S/C23H24Cl2N4O4S/c1-15-11-17(16(2)29(15)21-8-6-5-7-19(21)24)13-26-27-23(30)14-28(34(4,31)32)18-9-10-22(33-3)20(25)12-18/h5-13H,14H2,1-4H3,(H,27,30)/b26-13+. The van der Waals surface area contributed by atoms with Crippen molar-refractivity contribution in [2.24, 2.45) is 5.10 Å². The first-order valence-electron chi connectivity index (χ1n) is 10.1. The number of carbonyl (C=O) groups is 1. The molecule has 0 atom stereocenters. The Balaban J connectivity index is 1.76. The van der Waals surface area contributed by atoms with E-state index in [2.05, 4.69) is 10.5 Å². The van der Waals surface area contributed by atoms with Crippen LogP contribution in [0.25, 0.3) is 5.69 Å². The van der Waals surface area contributed by atoms with E-state index in [-0.39, 0.29) is 10.7 Å². The van der Waals surface area contributed by atoms with E-state index in [9.17, 15) is 13.2 Å². The third kappa shape index (κ3) is 5.72. The zero-order valence-electron chi connectivity index (χ0n) is 19.0. The maximum absolute atomic E-state index is 12.5. The lowest BCUT2D eigenvalue weighted by molar-refractivity contribution is -0.119. The average molecular weight is 523 g/mol. The number of halogens is 2. The van der Waals surface area contributed by atoms with E-state index in [0.29, 0.717) is 10.8 Å². The lowest BCUT2D eigenvalue weighted by Crippen LogP contribution is -2.39. The minimum atomic E-state index is -3.76.